The van der Waals surface area contributed by atoms with Crippen molar-refractivity contribution in [2.45, 2.75) is 9.79 Å². The summed E-state index contributed by atoms with van der Waals surface area (Å²) in [7, 11) is -7.27. The van der Waals surface area contributed by atoms with Gasteiger partial charge in [0.2, 0.25) is 10.0 Å². The molecule has 0 radical (unpaired) electrons. The zero-order valence-corrected chi connectivity index (χ0v) is 11.9. The molecule has 1 heterocycles. The number of thioether (sulfide) groups is 1. The number of carbonyl (C=O) groups is 1. The Morgan fingerprint density at radius 1 is 1.32 bits per heavy atom. The lowest BCUT2D eigenvalue weighted by Gasteiger charge is -2.02. The average molecular weight is 322 g/mol. The molecule has 0 saturated heterocycles. The van der Waals surface area contributed by atoms with Crippen molar-refractivity contribution in [3.63, 3.8) is 0 Å². The molecular weight excluding hydrogens is 312 g/mol. The molecule has 10 heteroatoms. The van der Waals surface area contributed by atoms with Crippen LogP contribution in [0, 0.1) is 0 Å². The molecule has 3 N–H and O–H groups in total. The van der Waals surface area contributed by atoms with Gasteiger partial charge < -0.3 is 0 Å². The number of amides is 1. The molecule has 1 amide bonds. The highest BCUT2D eigenvalue weighted by molar-refractivity contribution is 8.00. The largest absolute Gasteiger partial charge is 0.268 e. The summed E-state index contributed by atoms with van der Waals surface area (Å²) >= 11 is 1.18. The number of sulfonamides is 2. The highest BCUT2D eigenvalue weighted by atomic mass is 32.2. The fourth-order valence-corrected chi connectivity index (χ4v) is 4.53. The second-order valence-electron chi connectivity index (χ2n) is 3.81. The van der Waals surface area contributed by atoms with Gasteiger partial charge in [0.25, 0.3) is 15.9 Å². The lowest BCUT2D eigenvalue weighted by atomic mass is 10.2. The number of hydrogen-bond acceptors (Lipinski definition) is 6. The fraction of sp³-hybridized carbons (Fsp3) is 0.222. The molecule has 2 rings (SSSR count). The summed E-state index contributed by atoms with van der Waals surface area (Å²) in [5.74, 6) is -0.644. The van der Waals surface area contributed by atoms with Crippen LogP contribution >= 0.6 is 11.8 Å². The number of nitrogens with two attached hydrogens (primary N) is 1. The van der Waals surface area contributed by atoms with Crippen LogP contribution in [0.25, 0.3) is 0 Å². The van der Waals surface area contributed by atoms with E-state index in [1.54, 1.807) is 0 Å². The van der Waals surface area contributed by atoms with Gasteiger partial charge in [-0.1, -0.05) is 0 Å². The molecule has 1 aromatic rings. The van der Waals surface area contributed by atoms with Gasteiger partial charge in [-0.3, -0.25) is 4.79 Å². The van der Waals surface area contributed by atoms with Crippen LogP contribution in [-0.2, 0) is 20.0 Å². The number of rotatable bonds is 4. The Bertz CT molecular complexity index is 739. The highest BCUT2D eigenvalue weighted by Crippen LogP contribution is 2.27. The third kappa shape index (κ3) is 3.26. The Kier molecular flexibility index (Phi) is 3.60. The molecule has 1 aliphatic heterocycles. The summed E-state index contributed by atoms with van der Waals surface area (Å²) in [6.45, 7) is 0. The zero-order valence-electron chi connectivity index (χ0n) is 9.49. The molecule has 7 nitrogen and oxygen atoms in total. The van der Waals surface area contributed by atoms with E-state index >= 15 is 0 Å². The van der Waals surface area contributed by atoms with E-state index in [0.717, 1.165) is 0 Å². The Balaban J connectivity index is 2.19. The van der Waals surface area contributed by atoms with Crippen LogP contribution in [0.15, 0.2) is 28.0 Å². The summed E-state index contributed by atoms with van der Waals surface area (Å²) in [5.41, 5.74) is 0.0700. The van der Waals surface area contributed by atoms with Gasteiger partial charge in [0, 0.05) is 10.6 Å². The topological polar surface area (TPSA) is 123 Å². The van der Waals surface area contributed by atoms with Crippen molar-refractivity contribution in [1.29, 1.82) is 0 Å². The maximum Gasteiger partial charge on any atom is 0.266 e. The summed E-state index contributed by atoms with van der Waals surface area (Å²) in [5, 5.41) is 4.86. The predicted molar refractivity (Wildman–Crippen MR) is 69.8 cm³/mol. The number of hydrogen-bond donors (Lipinski definition) is 2. The number of carbonyl (C=O) groups excluding carboxylic acids is 1. The monoisotopic (exact) mass is 322 g/mol. The molecule has 0 fully saturated rings. The zero-order chi connectivity index (χ0) is 14.3. The average Bonchev–Trinajstić information content (AvgIpc) is 2.47. The Labute approximate surface area is 114 Å². The minimum atomic E-state index is -3.74. The first kappa shape index (κ1) is 14.3. The smallest absolute Gasteiger partial charge is 0.266 e. The van der Waals surface area contributed by atoms with Crippen LogP contribution in [0.1, 0.15) is 10.4 Å². The van der Waals surface area contributed by atoms with Gasteiger partial charge in [-0.05, 0) is 18.2 Å². The van der Waals surface area contributed by atoms with Crippen LogP contribution in [0.5, 0.6) is 0 Å². The molecule has 0 unspecified atom stereocenters. The van der Waals surface area contributed by atoms with Crippen LogP contribution in [0.3, 0.4) is 0 Å². The molecule has 0 atom stereocenters. The van der Waals surface area contributed by atoms with Crippen LogP contribution < -0.4 is 9.86 Å². The van der Waals surface area contributed by atoms with E-state index in [4.69, 9.17) is 5.14 Å². The minimum Gasteiger partial charge on any atom is -0.268 e. The van der Waals surface area contributed by atoms with E-state index in [1.807, 2.05) is 4.72 Å². The van der Waals surface area contributed by atoms with Crippen molar-refractivity contribution in [2.75, 3.05) is 11.5 Å². The van der Waals surface area contributed by atoms with Gasteiger partial charge in [0.05, 0.1) is 11.3 Å². The third-order valence-electron chi connectivity index (χ3n) is 2.35. The van der Waals surface area contributed by atoms with Gasteiger partial charge >= 0.3 is 0 Å². The van der Waals surface area contributed by atoms with Crippen molar-refractivity contribution in [1.82, 2.24) is 4.72 Å². The fourth-order valence-electron chi connectivity index (χ4n) is 1.52. The maximum absolute atomic E-state index is 11.5. The van der Waals surface area contributed by atoms with Crippen molar-refractivity contribution in [2.24, 2.45) is 5.14 Å². The molecule has 0 aliphatic carbocycles. The Morgan fingerprint density at radius 3 is 2.63 bits per heavy atom. The number of fused-ring (bicyclic) bond motifs is 1. The summed E-state index contributed by atoms with van der Waals surface area (Å²) < 4.78 is 46.4. The number of primary sulfonamides is 1. The van der Waals surface area contributed by atoms with E-state index in [2.05, 4.69) is 0 Å². The number of nitrogens with one attached hydrogen (secondary N) is 1. The standard InChI is InChI=1S/C9H10N2O5S3/c10-18(13,14)4-3-17-6-1-2-8-7(5-6)9(12)11-19(8,15)16/h1-2,5H,3-4H2,(H,11,12)(H2,10,13,14). The van der Waals surface area contributed by atoms with Crippen LogP contribution in [0.4, 0.5) is 0 Å². The van der Waals surface area contributed by atoms with Crippen molar-refractivity contribution < 1.29 is 21.6 Å². The van der Waals surface area contributed by atoms with Crippen molar-refractivity contribution in [3.8, 4) is 0 Å². The van der Waals surface area contributed by atoms with E-state index in [9.17, 15) is 21.6 Å². The Hall–Kier alpha value is -1.10. The van der Waals surface area contributed by atoms with E-state index in [1.165, 1.54) is 30.0 Å². The normalized spacial score (nSPS) is 17.0. The van der Waals surface area contributed by atoms with Crippen molar-refractivity contribution >= 4 is 37.7 Å². The van der Waals surface area contributed by atoms with E-state index in [0.29, 0.717) is 4.90 Å². The van der Waals surface area contributed by atoms with E-state index in [-0.39, 0.29) is 22.0 Å². The molecule has 1 aliphatic rings. The van der Waals surface area contributed by atoms with Gasteiger partial charge in [-0.2, -0.15) is 0 Å². The molecular formula is C9H10N2O5S3. The van der Waals surface area contributed by atoms with Crippen molar-refractivity contribution in [3.05, 3.63) is 23.8 Å². The highest BCUT2D eigenvalue weighted by Gasteiger charge is 2.32. The van der Waals surface area contributed by atoms with Crippen LogP contribution in [-0.4, -0.2) is 34.2 Å². The first-order valence-electron chi connectivity index (χ1n) is 5.03. The first-order chi connectivity index (χ1) is 8.69. The van der Waals surface area contributed by atoms with Gasteiger partial charge in [-0.15, -0.1) is 11.8 Å². The lowest BCUT2D eigenvalue weighted by molar-refractivity contribution is 0.0985. The minimum absolute atomic E-state index is 0.0618. The lowest BCUT2D eigenvalue weighted by Crippen LogP contribution is -2.20. The second kappa shape index (κ2) is 4.78. The molecule has 0 bridgehead atoms. The predicted octanol–water partition coefficient (Wildman–Crippen LogP) is -0.501. The quantitative estimate of drug-likeness (QED) is 0.720. The van der Waals surface area contributed by atoms with Gasteiger partial charge in [0.1, 0.15) is 4.90 Å². The number of benzene rings is 1. The summed E-state index contributed by atoms with van der Waals surface area (Å²) in [4.78, 5) is 12.0. The van der Waals surface area contributed by atoms with E-state index < -0.39 is 26.0 Å². The van der Waals surface area contributed by atoms with Gasteiger partial charge in [-0.25, -0.2) is 26.7 Å². The first-order valence-corrected chi connectivity index (χ1v) is 9.22. The Morgan fingerprint density at radius 2 is 2.00 bits per heavy atom. The summed E-state index contributed by atoms with van der Waals surface area (Å²) in [6, 6.07) is 4.26. The third-order valence-corrected chi connectivity index (χ3v) is 5.77. The molecule has 0 saturated carbocycles. The summed E-state index contributed by atoms with van der Waals surface area (Å²) in [6.07, 6.45) is 0. The molecule has 19 heavy (non-hydrogen) atoms. The molecule has 104 valence electrons. The SMILES string of the molecule is NS(=O)(=O)CCSc1ccc2c(c1)C(=O)NS2(=O)=O. The molecule has 0 aromatic heterocycles. The molecule has 0 spiro atoms. The molecule has 1 aromatic carbocycles. The van der Waals surface area contributed by atoms with Gasteiger partial charge in [0.15, 0.2) is 0 Å². The second-order valence-corrected chi connectivity index (χ2v) is 8.36. The maximum atomic E-state index is 11.5. The van der Waals surface area contributed by atoms with Crippen LogP contribution in [0.2, 0.25) is 0 Å².